The number of ether oxygens (including phenoxy) is 2. The molecule has 0 radical (unpaired) electrons. The Balaban J connectivity index is 0.000000817. The van der Waals surface area contributed by atoms with Crippen molar-refractivity contribution >= 4 is 22.8 Å². The molecule has 0 amide bonds. The number of aldehydes is 1. The average molecular weight is 395 g/mol. The van der Waals surface area contributed by atoms with Crippen LogP contribution in [0.4, 0.5) is 5.13 Å². The molecule has 10 heteroatoms. The van der Waals surface area contributed by atoms with Crippen LogP contribution in [0.2, 0.25) is 0 Å². The summed E-state index contributed by atoms with van der Waals surface area (Å²) < 4.78 is 11.0. The van der Waals surface area contributed by atoms with Gasteiger partial charge in [-0.2, -0.15) is 4.98 Å². The van der Waals surface area contributed by atoms with Gasteiger partial charge >= 0.3 is 0 Å². The van der Waals surface area contributed by atoms with Crippen molar-refractivity contribution in [3.05, 3.63) is 17.3 Å². The number of thiazole rings is 1. The molecule has 0 aliphatic carbocycles. The SMILES string of the molecule is CC=O.CNc1nc(O)c(CN2CC(Oc3cc(OC)ncn3)CC2C)s1. The highest BCUT2D eigenvalue weighted by Crippen LogP contribution is 2.32. The molecule has 3 heterocycles. The van der Waals surface area contributed by atoms with Gasteiger partial charge in [0.05, 0.1) is 18.1 Å². The van der Waals surface area contributed by atoms with Gasteiger partial charge in [-0.25, -0.2) is 9.97 Å². The minimum Gasteiger partial charge on any atom is -0.492 e. The van der Waals surface area contributed by atoms with E-state index in [0.717, 1.165) is 29.3 Å². The molecule has 3 rings (SSSR count). The number of anilines is 1. The van der Waals surface area contributed by atoms with E-state index >= 15 is 0 Å². The van der Waals surface area contributed by atoms with Crippen molar-refractivity contribution in [3.63, 3.8) is 0 Å². The first-order valence-electron chi connectivity index (χ1n) is 8.53. The fourth-order valence-electron chi connectivity index (χ4n) is 2.76. The first kappa shape index (κ1) is 20.8. The molecule has 148 valence electrons. The van der Waals surface area contributed by atoms with E-state index in [9.17, 15) is 5.11 Å². The van der Waals surface area contributed by atoms with E-state index in [4.69, 9.17) is 14.3 Å². The lowest BCUT2D eigenvalue weighted by molar-refractivity contribution is -0.106. The van der Waals surface area contributed by atoms with Crippen LogP contribution in [0.1, 0.15) is 25.1 Å². The monoisotopic (exact) mass is 395 g/mol. The highest BCUT2D eigenvalue weighted by atomic mass is 32.1. The van der Waals surface area contributed by atoms with Crippen molar-refractivity contribution in [2.24, 2.45) is 0 Å². The van der Waals surface area contributed by atoms with Crippen LogP contribution < -0.4 is 14.8 Å². The van der Waals surface area contributed by atoms with E-state index in [1.165, 1.54) is 24.6 Å². The summed E-state index contributed by atoms with van der Waals surface area (Å²) in [5, 5.41) is 13.6. The quantitative estimate of drug-likeness (QED) is 0.709. The summed E-state index contributed by atoms with van der Waals surface area (Å²) in [6.07, 6.45) is 3.11. The maximum absolute atomic E-state index is 9.94. The van der Waals surface area contributed by atoms with Crippen LogP contribution in [-0.4, -0.2) is 64.1 Å². The molecule has 1 saturated heterocycles. The lowest BCUT2D eigenvalue weighted by Crippen LogP contribution is -2.27. The van der Waals surface area contributed by atoms with Crippen LogP contribution in [-0.2, 0) is 11.3 Å². The van der Waals surface area contributed by atoms with E-state index in [2.05, 4.69) is 32.1 Å². The minimum atomic E-state index is 0.0402. The van der Waals surface area contributed by atoms with Crippen molar-refractivity contribution in [1.82, 2.24) is 19.9 Å². The Morgan fingerprint density at radius 2 is 2.15 bits per heavy atom. The zero-order valence-electron chi connectivity index (χ0n) is 15.9. The third-order valence-electron chi connectivity index (χ3n) is 4.02. The van der Waals surface area contributed by atoms with Gasteiger partial charge in [-0.15, -0.1) is 0 Å². The molecule has 2 N–H and O–H groups in total. The summed E-state index contributed by atoms with van der Waals surface area (Å²) in [6.45, 7) is 5.01. The van der Waals surface area contributed by atoms with Crippen LogP contribution in [0.5, 0.6) is 17.6 Å². The summed E-state index contributed by atoms with van der Waals surface area (Å²) in [4.78, 5) is 24.1. The number of nitrogens with zero attached hydrogens (tertiary/aromatic N) is 4. The molecule has 2 unspecified atom stereocenters. The number of carbonyl (C=O) groups excluding carboxylic acids is 1. The van der Waals surface area contributed by atoms with Gasteiger partial charge in [0.1, 0.15) is 18.7 Å². The summed E-state index contributed by atoms with van der Waals surface area (Å²) in [7, 11) is 3.35. The number of aromatic hydroxyl groups is 1. The normalized spacial score (nSPS) is 19.1. The Morgan fingerprint density at radius 1 is 1.44 bits per heavy atom. The van der Waals surface area contributed by atoms with Crippen molar-refractivity contribution in [1.29, 1.82) is 0 Å². The van der Waals surface area contributed by atoms with Gasteiger partial charge < -0.3 is 24.7 Å². The zero-order valence-corrected chi connectivity index (χ0v) is 16.7. The second kappa shape index (κ2) is 10.0. The van der Waals surface area contributed by atoms with Crippen LogP contribution in [0, 0.1) is 0 Å². The Hall–Kier alpha value is -2.46. The van der Waals surface area contributed by atoms with Crippen LogP contribution in [0.3, 0.4) is 0 Å². The number of methoxy groups -OCH3 is 1. The fourth-order valence-corrected chi connectivity index (χ4v) is 3.59. The first-order valence-corrected chi connectivity index (χ1v) is 9.35. The zero-order chi connectivity index (χ0) is 19.8. The van der Waals surface area contributed by atoms with Gasteiger partial charge in [0, 0.05) is 32.6 Å². The maximum atomic E-state index is 9.94. The largest absolute Gasteiger partial charge is 0.492 e. The molecule has 1 aliphatic rings. The molecule has 0 bridgehead atoms. The second-order valence-corrected chi connectivity index (χ2v) is 6.99. The van der Waals surface area contributed by atoms with E-state index < -0.39 is 0 Å². The lowest BCUT2D eigenvalue weighted by Gasteiger charge is -2.19. The molecule has 0 spiro atoms. The number of aromatic nitrogens is 3. The van der Waals surface area contributed by atoms with Crippen LogP contribution in [0.25, 0.3) is 0 Å². The molecule has 2 aromatic rings. The number of likely N-dealkylation sites (tertiary alicyclic amines) is 1. The number of hydrogen-bond acceptors (Lipinski definition) is 10. The third-order valence-corrected chi connectivity index (χ3v) is 5.06. The van der Waals surface area contributed by atoms with Crippen LogP contribution in [0.15, 0.2) is 12.4 Å². The molecular weight excluding hydrogens is 370 g/mol. The lowest BCUT2D eigenvalue weighted by atomic mass is 10.2. The van der Waals surface area contributed by atoms with E-state index in [1.54, 1.807) is 20.2 Å². The third kappa shape index (κ3) is 5.76. The summed E-state index contributed by atoms with van der Waals surface area (Å²) in [6, 6.07) is 2.03. The molecule has 27 heavy (non-hydrogen) atoms. The van der Waals surface area contributed by atoms with Crippen molar-refractivity contribution in [3.8, 4) is 17.6 Å². The molecule has 0 aromatic carbocycles. The van der Waals surface area contributed by atoms with Crippen molar-refractivity contribution < 1.29 is 19.4 Å². The molecule has 2 aromatic heterocycles. The Labute approximate surface area is 162 Å². The van der Waals surface area contributed by atoms with E-state index in [-0.39, 0.29) is 12.0 Å². The van der Waals surface area contributed by atoms with E-state index in [0.29, 0.717) is 24.3 Å². The molecule has 0 saturated carbocycles. The van der Waals surface area contributed by atoms with Gasteiger partial charge in [-0.3, -0.25) is 4.90 Å². The maximum Gasteiger partial charge on any atom is 0.228 e. The van der Waals surface area contributed by atoms with Gasteiger partial charge in [0.15, 0.2) is 5.13 Å². The molecule has 1 fully saturated rings. The molecule has 1 aliphatic heterocycles. The average Bonchev–Trinajstić information content (AvgIpc) is 3.18. The first-order chi connectivity index (χ1) is 13.0. The summed E-state index contributed by atoms with van der Waals surface area (Å²) in [5.41, 5.74) is 0. The molecule has 9 nitrogen and oxygen atoms in total. The number of hydrogen-bond donors (Lipinski definition) is 2. The van der Waals surface area contributed by atoms with Crippen LogP contribution >= 0.6 is 11.3 Å². The number of rotatable bonds is 6. The summed E-state index contributed by atoms with van der Waals surface area (Å²) in [5.74, 6) is 1.09. The Morgan fingerprint density at radius 3 is 2.78 bits per heavy atom. The van der Waals surface area contributed by atoms with E-state index in [1.807, 2.05) is 0 Å². The minimum absolute atomic E-state index is 0.0402. The highest BCUT2D eigenvalue weighted by Gasteiger charge is 2.32. The topological polar surface area (TPSA) is 110 Å². The molecule has 2 atom stereocenters. The standard InChI is InChI=1S/C15H21N5O3S.C2H4O/c1-9-4-10(23-13-5-12(22-3)17-8-18-13)6-20(9)7-11-14(21)19-15(16-2)24-11;1-2-3/h5,8-10,21H,4,6-7H2,1-3H3,(H,16,19);2H,1H3. The van der Waals surface area contributed by atoms with Gasteiger partial charge in [-0.1, -0.05) is 11.3 Å². The van der Waals surface area contributed by atoms with Crippen molar-refractivity contribution in [2.75, 3.05) is 26.0 Å². The number of nitrogens with one attached hydrogen (secondary N) is 1. The Bertz CT molecular complexity index is 742. The predicted octanol–water partition coefficient (Wildman–Crippen LogP) is 1.94. The smallest absolute Gasteiger partial charge is 0.228 e. The second-order valence-electron chi connectivity index (χ2n) is 5.90. The summed E-state index contributed by atoms with van der Waals surface area (Å²) >= 11 is 1.47. The van der Waals surface area contributed by atoms with Gasteiger partial charge in [-0.05, 0) is 13.8 Å². The fraction of sp³-hybridized carbons (Fsp3) is 0.529. The van der Waals surface area contributed by atoms with Gasteiger partial charge in [0.25, 0.3) is 0 Å². The Kier molecular flexibility index (Phi) is 7.74. The number of carbonyl (C=O) groups is 1. The predicted molar refractivity (Wildman–Crippen MR) is 103 cm³/mol. The molecular formula is C17H25N5O4S. The van der Waals surface area contributed by atoms with Crippen molar-refractivity contribution in [2.45, 2.75) is 39.0 Å². The van der Waals surface area contributed by atoms with Gasteiger partial charge in [0.2, 0.25) is 17.6 Å². The highest BCUT2D eigenvalue weighted by molar-refractivity contribution is 7.15.